The van der Waals surface area contributed by atoms with E-state index in [1.165, 1.54) is 33.9 Å². The van der Waals surface area contributed by atoms with Crippen LogP contribution >= 0.6 is 11.8 Å². The van der Waals surface area contributed by atoms with Gasteiger partial charge in [0.2, 0.25) is 0 Å². The van der Waals surface area contributed by atoms with Gasteiger partial charge in [-0.2, -0.15) is 0 Å². The Hall–Kier alpha value is -1.62. The van der Waals surface area contributed by atoms with Crippen molar-refractivity contribution in [3.8, 4) is 0 Å². The summed E-state index contributed by atoms with van der Waals surface area (Å²) in [4.78, 5) is 18.5. The summed E-state index contributed by atoms with van der Waals surface area (Å²) in [6, 6.07) is 5.06. The number of hydrogen-bond donors (Lipinski definition) is 0. The fraction of sp³-hybridized carbons (Fsp3) is 0.571. The summed E-state index contributed by atoms with van der Waals surface area (Å²) in [5.74, 6) is 1.54. The molecule has 3 aliphatic heterocycles. The molecule has 0 spiro atoms. The van der Waals surface area contributed by atoms with Crippen LogP contribution in [-0.2, 0) is 4.74 Å². The minimum Gasteiger partial charge on any atom is -0.444 e. The lowest BCUT2D eigenvalue weighted by Gasteiger charge is -2.39. The van der Waals surface area contributed by atoms with Gasteiger partial charge >= 0.3 is 6.09 Å². The number of anilines is 1. The first kappa shape index (κ1) is 17.8. The van der Waals surface area contributed by atoms with Crippen LogP contribution in [0.1, 0.15) is 50.7 Å². The van der Waals surface area contributed by atoms with E-state index in [2.05, 4.69) is 23.6 Å². The van der Waals surface area contributed by atoms with Crippen molar-refractivity contribution in [3.63, 3.8) is 0 Å². The second-order valence-electron chi connectivity index (χ2n) is 8.45. The molecule has 0 N–H and O–H groups in total. The third-order valence-corrected chi connectivity index (χ3v) is 6.59. The molecule has 1 amide bonds. The Bertz CT molecular complexity index is 740. The van der Waals surface area contributed by atoms with Crippen LogP contribution in [0.25, 0.3) is 6.08 Å². The second-order valence-corrected chi connectivity index (χ2v) is 9.58. The Labute approximate surface area is 160 Å². The molecule has 140 valence electrons. The molecule has 4 rings (SSSR count). The summed E-state index contributed by atoms with van der Waals surface area (Å²) in [5, 5.41) is 0. The number of ether oxygens (including phenoxy) is 1. The summed E-state index contributed by atoms with van der Waals surface area (Å²) in [6.07, 6.45) is 3.97. The molecule has 4 nitrogen and oxygen atoms in total. The monoisotopic (exact) mass is 372 g/mol. The van der Waals surface area contributed by atoms with Crippen molar-refractivity contribution in [1.29, 1.82) is 0 Å². The van der Waals surface area contributed by atoms with Gasteiger partial charge in [0.15, 0.2) is 0 Å². The van der Waals surface area contributed by atoms with Crippen LogP contribution in [0, 0.1) is 0 Å². The maximum atomic E-state index is 12.6. The first-order valence-corrected chi connectivity index (χ1v) is 10.5. The van der Waals surface area contributed by atoms with Gasteiger partial charge in [-0.3, -0.25) is 0 Å². The van der Waals surface area contributed by atoms with Gasteiger partial charge in [0.1, 0.15) is 5.60 Å². The first-order valence-electron chi connectivity index (χ1n) is 9.55. The van der Waals surface area contributed by atoms with E-state index in [1.807, 2.05) is 43.5 Å². The van der Waals surface area contributed by atoms with Crippen LogP contribution in [0.3, 0.4) is 0 Å². The maximum absolute atomic E-state index is 12.6. The van der Waals surface area contributed by atoms with E-state index in [-0.39, 0.29) is 6.09 Å². The Morgan fingerprint density at radius 2 is 2.15 bits per heavy atom. The zero-order chi connectivity index (χ0) is 18.5. The lowest BCUT2D eigenvalue weighted by atomic mass is 9.88. The molecule has 26 heavy (non-hydrogen) atoms. The summed E-state index contributed by atoms with van der Waals surface area (Å²) in [6.45, 7) is 12.4. The van der Waals surface area contributed by atoms with E-state index < -0.39 is 5.60 Å². The largest absolute Gasteiger partial charge is 0.444 e. The molecule has 5 heteroatoms. The van der Waals surface area contributed by atoms with E-state index in [0.29, 0.717) is 12.0 Å². The predicted molar refractivity (Wildman–Crippen MR) is 108 cm³/mol. The molecule has 2 atom stereocenters. The van der Waals surface area contributed by atoms with Crippen molar-refractivity contribution < 1.29 is 9.53 Å². The third-order valence-electron chi connectivity index (χ3n) is 5.48. The number of nitrogens with zero attached hydrogens (tertiary/aromatic N) is 2. The molecule has 0 aliphatic carbocycles. The Kier molecular flexibility index (Phi) is 4.46. The summed E-state index contributed by atoms with van der Waals surface area (Å²) in [5.41, 5.74) is 3.54. The number of carbonyl (C=O) groups is 1. The van der Waals surface area contributed by atoms with Crippen LogP contribution in [0.15, 0.2) is 23.6 Å². The van der Waals surface area contributed by atoms with Crippen molar-refractivity contribution in [2.24, 2.45) is 0 Å². The van der Waals surface area contributed by atoms with Gasteiger partial charge in [-0.25, -0.2) is 4.79 Å². The molecular weight excluding hydrogens is 344 g/mol. The van der Waals surface area contributed by atoms with Crippen LogP contribution in [0.4, 0.5) is 10.5 Å². The van der Waals surface area contributed by atoms with Crippen LogP contribution in [0.2, 0.25) is 0 Å². The number of piperidine rings is 1. The number of likely N-dealkylation sites (tertiary alicyclic amines) is 1. The number of fused-ring (bicyclic) bond motifs is 3. The Morgan fingerprint density at radius 1 is 1.35 bits per heavy atom. The highest BCUT2D eigenvalue weighted by Crippen LogP contribution is 2.51. The molecular formula is C21H28N2O2S. The standard InChI is InChI=1S/C21H28N2O2S/c1-5-14-11-15-16-13-22(20(24)25-21(2,3)4)9-7-17(16)23-8-6-10-26-18(12-14)19(15)23/h5,11-12,16-17H,1,6-10,13H2,2-4H3/t16-,17-/m1/s1. The van der Waals surface area contributed by atoms with Crippen molar-refractivity contribution in [1.82, 2.24) is 4.90 Å². The van der Waals surface area contributed by atoms with E-state index in [0.717, 1.165) is 26.1 Å². The van der Waals surface area contributed by atoms with E-state index >= 15 is 0 Å². The number of rotatable bonds is 1. The fourth-order valence-corrected chi connectivity index (χ4v) is 5.53. The molecule has 1 saturated heterocycles. The molecule has 1 aromatic rings. The van der Waals surface area contributed by atoms with Crippen LogP contribution in [0.5, 0.6) is 0 Å². The molecule has 0 unspecified atom stereocenters. The lowest BCUT2D eigenvalue weighted by Crippen LogP contribution is -2.49. The predicted octanol–water partition coefficient (Wildman–Crippen LogP) is 4.74. The molecule has 3 aliphatic rings. The highest BCUT2D eigenvalue weighted by molar-refractivity contribution is 7.99. The van der Waals surface area contributed by atoms with Gasteiger partial charge in [0, 0.05) is 36.5 Å². The first-order chi connectivity index (χ1) is 12.4. The number of carbonyl (C=O) groups excluding carboxylic acids is 1. The van der Waals surface area contributed by atoms with Crippen molar-refractivity contribution >= 4 is 29.6 Å². The van der Waals surface area contributed by atoms with E-state index in [4.69, 9.17) is 4.74 Å². The second kappa shape index (κ2) is 6.52. The van der Waals surface area contributed by atoms with Gasteiger partial charge in [0.05, 0.1) is 5.69 Å². The van der Waals surface area contributed by atoms with Crippen molar-refractivity contribution in [2.75, 3.05) is 30.3 Å². The minimum atomic E-state index is -0.450. The number of thioether (sulfide) groups is 1. The van der Waals surface area contributed by atoms with Crippen molar-refractivity contribution in [2.45, 2.75) is 56.1 Å². The van der Waals surface area contributed by atoms with Gasteiger partial charge in [-0.15, -0.1) is 11.8 Å². The average molecular weight is 373 g/mol. The molecule has 0 saturated carbocycles. The summed E-state index contributed by atoms with van der Waals surface area (Å²) < 4.78 is 5.62. The number of benzene rings is 1. The maximum Gasteiger partial charge on any atom is 0.410 e. The fourth-order valence-electron chi connectivity index (χ4n) is 4.44. The van der Waals surface area contributed by atoms with Gasteiger partial charge < -0.3 is 14.5 Å². The van der Waals surface area contributed by atoms with Crippen LogP contribution < -0.4 is 4.90 Å². The molecule has 0 bridgehead atoms. The zero-order valence-corrected chi connectivity index (χ0v) is 16.8. The SMILES string of the molecule is C=Cc1cc2c3c(c1)[C@H]1CN(C(=O)OC(C)(C)C)CC[C@H]1N3CCCS2. The topological polar surface area (TPSA) is 32.8 Å². The molecule has 0 aromatic heterocycles. The minimum absolute atomic E-state index is 0.183. The normalized spacial score (nSPS) is 24.6. The Morgan fingerprint density at radius 3 is 2.88 bits per heavy atom. The van der Waals surface area contributed by atoms with Gasteiger partial charge in [0.25, 0.3) is 0 Å². The van der Waals surface area contributed by atoms with Crippen LogP contribution in [-0.4, -0.2) is 48.0 Å². The van der Waals surface area contributed by atoms with Gasteiger partial charge in [-0.05, 0) is 62.6 Å². The number of hydrogen-bond acceptors (Lipinski definition) is 4. The van der Waals surface area contributed by atoms with E-state index in [9.17, 15) is 4.79 Å². The summed E-state index contributed by atoms with van der Waals surface area (Å²) >= 11 is 1.96. The highest BCUT2D eigenvalue weighted by atomic mass is 32.2. The van der Waals surface area contributed by atoms with Crippen molar-refractivity contribution in [3.05, 3.63) is 29.8 Å². The lowest BCUT2D eigenvalue weighted by molar-refractivity contribution is 0.0189. The Balaban J connectivity index is 1.66. The highest BCUT2D eigenvalue weighted by Gasteiger charge is 2.45. The smallest absolute Gasteiger partial charge is 0.410 e. The third kappa shape index (κ3) is 3.11. The molecule has 1 aromatic carbocycles. The zero-order valence-electron chi connectivity index (χ0n) is 16.0. The van der Waals surface area contributed by atoms with E-state index in [1.54, 1.807) is 0 Å². The van der Waals surface area contributed by atoms with Gasteiger partial charge in [-0.1, -0.05) is 12.7 Å². The molecule has 3 heterocycles. The number of amides is 1. The molecule has 0 radical (unpaired) electrons. The quantitative estimate of drug-likeness (QED) is 0.713. The average Bonchev–Trinajstić information content (AvgIpc) is 2.74. The molecule has 1 fully saturated rings. The summed E-state index contributed by atoms with van der Waals surface area (Å²) in [7, 11) is 0.